The van der Waals surface area contributed by atoms with Crippen molar-refractivity contribution in [3.63, 3.8) is 0 Å². The maximum Gasteiger partial charge on any atom is 0.291 e. The van der Waals surface area contributed by atoms with E-state index in [-0.39, 0.29) is 29.4 Å². The first-order chi connectivity index (χ1) is 14.4. The molecule has 0 spiro atoms. The molecular formula is C19H19N5O6. The second kappa shape index (κ2) is 8.90. The van der Waals surface area contributed by atoms with E-state index in [0.29, 0.717) is 18.1 Å². The van der Waals surface area contributed by atoms with Gasteiger partial charge in [-0.3, -0.25) is 24.4 Å². The van der Waals surface area contributed by atoms with Crippen molar-refractivity contribution in [1.29, 1.82) is 0 Å². The van der Waals surface area contributed by atoms with Gasteiger partial charge in [0, 0.05) is 31.9 Å². The lowest BCUT2D eigenvalue weighted by molar-refractivity contribution is -0.384. The average Bonchev–Trinajstić information content (AvgIpc) is 3.39. The largest absolute Gasteiger partial charge is 0.486 e. The van der Waals surface area contributed by atoms with Gasteiger partial charge in [-0.15, -0.1) is 0 Å². The maximum atomic E-state index is 12.5. The van der Waals surface area contributed by atoms with E-state index < -0.39 is 16.7 Å². The highest BCUT2D eigenvalue weighted by molar-refractivity contribution is 6.06. The number of nitro benzene ring substituents is 1. The number of furan rings is 1. The van der Waals surface area contributed by atoms with Gasteiger partial charge in [-0.2, -0.15) is 5.10 Å². The van der Waals surface area contributed by atoms with E-state index in [4.69, 9.17) is 9.15 Å². The number of non-ortho nitro benzene ring substituents is 1. The lowest BCUT2D eigenvalue weighted by Crippen LogP contribution is -2.21. The van der Waals surface area contributed by atoms with E-state index >= 15 is 0 Å². The third-order valence-electron chi connectivity index (χ3n) is 4.09. The summed E-state index contributed by atoms with van der Waals surface area (Å²) in [6.45, 7) is 2.42. The number of hydrogen-bond acceptors (Lipinski definition) is 7. The Morgan fingerprint density at radius 1 is 1.20 bits per heavy atom. The minimum Gasteiger partial charge on any atom is -0.486 e. The topological polar surface area (TPSA) is 142 Å². The standard InChI is InChI=1S/C19H19N5O6/c1-3-23-10-15(17(22-23)19(26)20-2)21-18(25)16-9-8-14(30-16)11-29-13-6-4-12(5-7-13)24(27)28/h4-10H,3,11H2,1-2H3,(H,20,26)(H,21,25). The van der Waals surface area contributed by atoms with E-state index in [1.807, 2.05) is 6.92 Å². The van der Waals surface area contributed by atoms with Gasteiger partial charge in [0.05, 0.1) is 10.6 Å². The van der Waals surface area contributed by atoms with Gasteiger partial charge in [-0.05, 0) is 31.2 Å². The Hall–Kier alpha value is -4.15. The Kier molecular flexibility index (Phi) is 6.11. The predicted octanol–water partition coefficient (Wildman–Crippen LogP) is 2.60. The third kappa shape index (κ3) is 4.63. The zero-order valence-corrected chi connectivity index (χ0v) is 16.2. The first kappa shape index (κ1) is 20.6. The van der Waals surface area contributed by atoms with Gasteiger partial charge in [-0.1, -0.05) is 0 Å². The fourth-order valence-corrected chi connectivity index (χ4v) is 2.54. The predicted molar refractivity (Wildman–Crippen MR) is 105 cm³/mol. The molecule has 30 heavy (non-hydrogen) atoms. The summed E-state index contributed by atoms with van der Waals surface area (Å²) in [4.78, 5) is 34.6. The molecule has 3 aromatic rings. The highest BCUT2D eigenvalue weighted by Gasteiger charge is 2.20. The number of aryl methyl sites for hydroxylation is 1. The van der Waals surface area contributed by atoms with Crippen molar-refractivity contribution in [3.8, 4) is 5.75 Å². The first-order valence-electron chi connectivity index (χ1n) is 8.98. The number of rotatable bonds is 8. The lowest BCUT2D eigenvalue weighted by Gasteiger charge is -2.04. The van der Waals surface area contributed by atoms with Crippen LogP contribution in [0.4, 0.5) is 11.4 Å². The number of hydrogen-bond donors (Lipinski definition) is 2. The lowest BCUT2D eigenvalue weighted by atomic mass is 10.3. The van der Waals surface area contributed by atoms with Gasteiger partial charge in [-0.25, -0.2) is 0 Å². The molecule has 156 valence electrons. The number of nitro groups is 1. The summed E-state index contributed by atoms with van der Waals surface area (Å²) in [5, 5.41) is 19.9. The molecule has 0 aliphatic heterocycles. The molecule has 0 radical (unpaired) electrons. The normalized spacial score (nSPS) is 10.5. The van der Waals surface area contributed by atoms with Crippen molar-refractivity contribution in [2.75, 3.05) is 12.4 Å². The summed E-state index contributed by atoms with van der Waals surface area (Å²) in [6, 6.07) is 8.66. The van der Waals surface area contributed by atoms with E-state index in [2.05, 4.69) is 15.7 Å². The van der Waals surface area contributed by atoms with Crippen LogP contribution in [-0.2, 0) is 13.2 Å². The molecule has 11 heteroatoms. The van der Waals surface area contributed by atoms with Crippen LogP contribution in [0.2, 0.25) is 0 Å². The number of carbonyl (C=O) groups is 2. The first-order valence-corrected chi connectivity index (χ1v) is 8.98. The van der Waals surface area contributed by atoms with Crippen LogP contribution in [0.25, 0.3) is 0 Å². The van der Waals surface area contributed by atoms with Crippen LogP contribution in [-0.4, -0.2) is 33.6 Å². The molecule has 0 saturated heterocycles. The number of nitrogens with one attached hydrogen (secondary N) is 2. The van der Waals surface area contributed by atoms with Crippen LogP contribution in [0.15, 0.2) is 47.0 Å². The molecule has 2 amide bonds. The number of carbonyl (C=O) groups excluding carboxylic acids is 2. The number of nitrogens with zero attached hydrogens (tertiary/aromatic N) is 3. The number of anilines is 1. The monoisotopic (exact) mass is 413 g/mol. The van der Waals surface area contributed by atoms with Crippen LogP contribution in [0.1, 0.15) is 33.7 Å². The smallest absolute Gasteiger partial charge is 0.291 e. The van der Waals surface area contributed by atoms with Gasteiger partial charge in [0.2, 0.25) is 0 Å². The Labute approximate surface area is 170 Å². The minimum atomic E-state index is -0.544. The number of amides is 2. The number of aromatic nitrogens is 2. The van der Waals surface area contributed by atoms with Crippen molar-refractivity contribution in [3.05, 3.63) is 69.9 Å². The van der Waals surface area contributed by atoms with Crippen molar-refractivity contribution in [2.24, 2.45) is 0 Å². The second-order valence-electron chi connectivity index (χ2n) is 6.09. The van der Waals surface area contributed by atoms with E-state index in [1.54, 1.807) is 12.3 Å². The van der Waals surface area contributed by atoms with E-state index in [9.17, 15) is 19.7 Å². The molecule has 2 aromatic heterocycles. The number of ether oxygens (including phenoxy) is 1. The molecule has 0 bridgehead atoms. The maximum absolute atomic E-state index is 12.5. The molecule has 2 N–H and O–H groups in total. The minimum absolute atomic E-state index is 0.0301. The molecule has 3 rings (SSSR count). The Morgan fingerprint density at radius 3 is 2.57 bits per heavy atom. The van der Waals surface area contributed by atoms with Crippen LogP contribution in [0.3, 0.4) is 0 Å². The van der Waals surface area contributed by atoms with Crippen LogP contribution in [0.5, 0.6) is 5.75 Å². The van der Waals surface area contributed by atoms with Gasteiger partial charge < -0.3 is 19.8 Å². The molecule has 0 aliphatic carbocycles. The van der Waals surface area contributed by atoms with Crippen molar-refractivity contribution >= 4 is 23.2 Å². The van der Waals surface area contributed by atoms with Gasteiger partial charge in [0.25, 0.3) is 17.5 Å². The highest BCUT2D eigenvalue weighted by atomic mass is 16.6. The van der Waals surface area contributed by atoms with Crippen LogP contribution < -0.4 is 15.4 Å². The second-order valence-corrected chi connectivity index (χ2v) is 6.09. The van der Waals surface area contributed by atoms with Crippen molar-refractivity contribution in [2.45, 2.75) is 20.1 Å². The molecule has 11 nitrogen and oxygen atoms in total. The third-order valence-corrected chi connectivity index (χ3v) is 4.09. The van der Waals surface area contributed by atoms with Crippen LogP contribution >= 0.6 is 0 Å². The molecule has 0 saturated carbocycles. The summed E-state index contributed by atoms with van der Waals surface area (Å²) in [7, 11) is 1.47. The van der Waals surface area contributed by atoms with Gasteiger partial charge in [0.15, 0.2) is 11.5 Å². The van der Waals surface area contributed by atoms with Gasteiger partial charge in [0.1, 0.15) is 18.1 Å². The summed E-state index contributed by atoms with van der Waals surface area (Å²) in [6.07, 6.45) is 1.56. The zero-order valence-electron chi connectivity index (χ0n) is 16.2. The summed E-state index contributed by atoms with van der Waals surface area (Å²) in [5.74, 6) is -0.129. The Balaban J connectivity index is 1.64. The fourth-order valence-electron chi connectivity index (χ4n) is 2.54. The molecule has 1 aromatic carbocycles. The SMILES string of the molecule is CCn1cc(NC(=O)c2ccc(COc3ccc([N+](=O)[O-])cc3)o2)c(C(=O)NC)n1. The molecule has 0 atom stereocenters. The highest BCUT2D eigenvalue weighted by Crippen LogP contribution is 2.20. The van der Waals surface area contributed by atoms with Crippen LogP contribution in [0, 0.1) is 10.1 Å². The summed E-state index contributed by atoms with van der Waals surface area (Å²) >= 11 is 0. The quantitative estimate of drug-likeness (QED) is 0.427. The summed E-state index contributed by atoms with van der Waals surface area (Å²) < 4.78 is 12.5. The molecule has 0 aliphatic rings. The molecule has 0 unspecified atom stereocenters. The van der Waals surface area contributed by atoms with Crippen molar-refractivity contribution in [1.82, 2.24) is 15.1 Å². The molecule has 0 fully saturated rings. The fraction of sp³-hybridized carbons (Fsp3) is 0.211. The molecular weight excluding hydrogens is 394 g/mol. The average molecular weight is 413 g/mol. The molecule has 2 heterocycles. The van der Waals surface area contributed by atoms with Gasteiger partial charge >= 0.3 is 0 Å². The Morgan fingerprint density at radius 2 is 1.93 bits per heavy atom. The Bertz CT molecular complexity index is 1070. The zero-order chi connectivity index (χ0) is 21.7. The van der Waals surface area contributed by atoms with E-state index in [0.717, 1.165) is 0 Å². The van der Waals surface area contributed by atoms with E-state index in [1.165, 1.54) is 42.1 Å². The summed E-state index contributed by atoms with van der Waals surface area (Å²) in [5.41, 5.74) is 0.323. The van der Waals surface area contributed by atoms with Crippen molar-refractivity contribution < 1.29 is 23.7 Å². The number of benzene rings is 1.